The summed E-state index contributed by atoms with van der Waals surface area (Å²) >= 11 is 0. The lowest BCUT2D eigenvalue weighted by atomic mass is 10.0. The summed E-state index contributed by atoms with van der Waals surface area (Å²) < 4.78 is 17.6. The number of likely N-dealkylation sites (tertiary alicyclic amines) is 1. The molecule has 0 amide bonds. The molecule has 0 saturated carbocycles. The highest BCUT2D eigenvalue weighted by Crippen LogP contribution is 2.32. The van der Waals surface area contributed by atoms with Crippen LogP contribution in [0.1, 0.15) is 44.2 Å². The maximum absolute atomic E-state index is 6.05. The quantitative estimate of drug-likeness (QED) is 0.315. The predicted molar refractivity (Wildman–Crippen MR) is 138 cm³/mol. The van der Waals surface area contributed by atoms with Crippen molar-refractivity contribution in [2.45, 2.75) is 50.9 Å². The van der Waals surface area contributed by atoms with Gasteiger partial charge >= 0.3 is 0 Å². The number of halogens is 1. The average molecular weight is 559 g/mol. The summed E-state index contributed by atoms with van der Waals surface area (Å²) in [5, 5.41) is 3.52. The minimum Gasteiger partial charge on any atom is -0.496 e. The first-order chi connectivity index (χ1) is 15.3. The standard InChI is InChI=1S/C24H38N4O3.HI/c1-3-25-24(28-14-16-31-23(18-28)22-11-8-15-30-22)26-17-20(27-12-6-7-13-27)19-9-4-5-10-21(19)29-2;/h4-5,9-10,20,22-23H,3,6-8,11-18H2,1-2H3,(H,25,26);1H. The Kier molecular flexibility index (Phi) is 10.3. The van der Waals surface area contributed by atoms with Gasteiger partial charge in [0.2, 0.25) is 0 Å². The van der Waals surface area contributed by atoms with Crippen LogP contribution < -0.4 is 10.1 Å². The molecule has 0 spiro atoms. The van der Waals surface area contributed by atoms with Gasteiger partial charge in [-0.1, -0.05) is 18.2 Å². The van der Waals surface area contributed by atoms with Crippen molar-refractivity contribution in [1.29, 1.82) is 0 Å². The molecule has 8 heteroatoms. The maximum Gasteiger partial charge on any atom is 0.194 e. The predicted octanol–water partition coefficient (Wildman–Crippen LogP) is 3.30. The fourth-order valence-corrected chi connectivity index (χ4v) is 4.99. The molecule has 4 rings (SSSR count). The van der Waals surface area contributed by atoms with Gasteiger partial charge in [-0.15, -0.1) is 24.0 Å². The van der Waals surface area contributed by atoms with E-state index in [1.54, 1.807) is 7.11 Å². The smallest absolute Gasteiger partial charge is 0.194 e. The van der Waals surface area contributed by atoms with E-state index in [1.807, 2.05) is 6.07 Å². The first-order valence-electron chi connectivity index (χ1n) is 11.9. The van der Waals surface area contributed by atoms with E-state index in [9.17, 15) is 0 Å². The highest BCUT2D eigenvalue weighted by molar-refractivity contribution is 14.0. The van der Waals surface area contributed by atoms with Gasteiger partial charge in [0.15, 0.2) is 5.96 Å². The number of aliphatic imine (C=N–C) groups is 1. The van der Waals surface area contributed by atoms with Gasteiger partial charge < -0.3 is 24.4 Å². The van der Waals surface area contributed by atoms with Crippen molar-refractivity contribution < 1.29 is 14.2 Å². The second-order valence-electron chi connectivity index (χ2n) is 8.60. The van der Waals surface area contributed by atoms with Gasteiger partial charge in [-0.2, -0.15) is 0 Å². The molecule has 3 saturated heterocycles. The van der Waals surface area contributed by atoms with Crippen LogP contribution in [0, 0.1) is 0 Å². The second kappa shape index (κ2) is 13.0. The van der Waals surface area contributed by atoms with E-state index in [0.717, 1.165) is 70.5 Å². The normalized spacial score (nSPS) is 25.4. The number of morpholine rings is 1. The number of ether oxygens (including phenoxy) is 3. The molecule has 3 heterocycles. The molecule has 0 aromatic heterocycles. The lowest BCUT2D eigenvalue weighted by Crippen LogP contribution is -2.53. The lowest BCUT2D eigenvalue weighted by molar-refractivity contribution is -0.0817. The molecule has 3 aliphatic heterocycles. The number of methoxy groups -OCH3 is 1. The van der Waals surface area contributed by atoms with Crippen LogP contribution in [-0.2, 0) is 9.47 Å². The monoisotopic (exact) mass is 558 g/mol. The van der Waals surface area contributed by atoms with Gasteiger partial charge in [-0.25, -0.2) is 0 Å². The molecule has 0 radical (unpaired) electrons. The molecular formula is C24H39IN4O3. The molecule has 3 atom stereocenters. The van der Waals surface area contributed by atoms with Gasteiger partial charge in [0, 0.05) is 31.8 Å². The molecule has 1 aromatic carbocycles. The van der Waals surface area contributed by atoms with Gasteiger partial charge in [0.05, 0.1) is 32.4 Å². The number of nitrogens with zero attached hydrogens (tertiary/aromatic N) is 3. The van der Waals surface area contributed by atoms with Crippen LogP contribution in [-0.4, -0.2) is 87.6 Å². The van der Waals surface area contributed by atoms with Crippen molar-refractivity contribution in [2.24, 2.45) is 4.99 Å². The Balaban J connectivity index is 0.00000289. The van der Waals surface area contributed by atoms with Gasteiger partial charge in [-0.3, -0.25) is 9.89 Å². The minimum atomic E-state index is 0. The van der Waals surface area contributed by atoms with Crippen LogP contribution in [0.25, 0.3) is 0 Å². The van der Waals surface area contributed by atoms with E-state index in [0.29, 0.717) is 6.54 Å². The molecule has 7 nitrogen and oxygen atoms in total. The number of benzene rings is 1. The molecule has 1 N–H and O–H groups in total. The van der Waals surface area contributed by atoms with Crippen LogP contribution in [0.5, 0.6) is 5.75 Å². The molecule has 32 heavy (non-hydrogen) atoms. The fourth-order valence-electron chi connectivity index (χ4n) is 4.99. The van der Waals surface area contributed by atoms with Crippen molar-refractivity contribution in [3.8, 4) is 5.75 Å². The first kappa shape index (κ1) is 25.5. The maximum atomic E-state index is 6.05. The van der Waals surface area contributed by atoms with E-state index >= 15 is 0 Å². The SMILES string of the molecule is CCNC(=NCC(c1ccccc1OC)N1CCCC1)N1CCOC(C2CCCO2)C1.I. The molecule has 3 aliphatic rings. The van der Waals surface area contributed by atoms with Crippen molar-refractivity contribution in [2.75, 3.05) is 59.6 Å². The highest BCUT2D eigenvalue weighted by Gasteiger charge is 2.32. The van der Waals surface area contributed by atoms with Crippen LogP contribution in [0.4, 0.5) is 0 Å². The minimum absolute atomic E-state index is 0. The third-order valence-electron chi connectivity index (χ3n) is 6.60. The van der Waals surface area contributed by atoms with Crippen LogP contribution in [0.2, 0.25) is 0 Å². The second-order valence-corrected chi connectivity index (χ2v) is 8.60. The molecule has 1 aromatic rings. The first-order valence-corrected chi connectivity index (χ1v) is 11.9. The summed E-state index contributed by atoms with van der Waals surface area (Å²) in [5.41, 5.74) is 1.23. The average Bonchev–Trinajstić information content (AvgIpc) is 3.54. The fraction of sp³-hybridized carbons (Fsp3) is 0.708. The van der Waals surface area contributed by atoms with E-state index in [-0.39, 0.29) is 42.2 Å². The summed E-state index contributed by atoms with van der Waals surface area (Å²) in [6, 6.07) is 8.61. The molecule has 0 bridgehead atoms. The Hall–Kier alpha value is -1.10. The Morgan fingerprint density at radius 3 is 2.62 bits per heavy atom. The van der Waals surface area contributed by atoms with Crippen LogP contribution in [0.3, 0.4) is 0 Å². The van der Waals surface area contributed by atoms with Gasteiger partial charge in [0.25, 0.3) is 0 Å². The zero-order valence-corrected chi connectivity index (χ0v) is 21.8. The van der Waals surface area contributed by atoms with Crippen molar-refractivity contribution in [3.63, 3.8) is 0 Å². The van der Waals surface area contributed by atoms with E-state index in [2.05, 4.69) is 40.2 Å². The zero-order valence-electron chi connectivity index (χ0n) is 19.5. The Labute approximate surface area is 209 Å². The zero-order chi connectivity index (χ0) is 21.5. The summed E-state index contributed by atoms with van der Waals surface area (Å²) in [7, 11) is 1.76. The highest BCUT2D eigenvalue weighted by atomic mass is 127. The van der Waals surface area contributed by atoms with Crippen molar-refractivity contribution >= 4 is 29.9 Å². The van der Waals surface area contributed by atoms with Crippen LogP contribution >= 0.6 is 24.0 Å². The number of guanidine groups is 1. The summed E-state index contributed by atoms with van der Waals surface area (Å²) in [5.74, 6) is 1.93. The summed E-state index contributed by atoms with van der Waals surface area (Å²) in [6.07, 6.45) is 5.08. The summed E-state index contributed by atoms with van der Waals surface area (Å²) in [6.45, 7) is 9.20. The Morgan fingerprint density at radius 1 is 1.12 bits per heavy atom. The largest absolute Gasteiger partial charge is 0.496 e. The third-order valence-corrected chi connectivity index (χ3v) is 6.60. The number of nitrogens with one attached hydrogen (secondary N) is 1. The molecule has 0 aliphatic carbocycles. The summed E-state index contributed by atoms with van der Waals surface area (Å²) in [4.78, 5) is 10.0. The topological polar surface area (TPSA) is 58.6 Å². The van der Waals surface area contributed by atoms with E-state index in [1.165, 1.54) is 18.4 Å². The van der Waals surface area contributed by atoms with Gasteiger partial charge in [0.1, 0.15) is 11.9 Å². The molecule has 3 fully saturated rings. The lowest BCUT2D eigenvalue weighted by Gasteiger charge is -2.37. The third kappa shape index (κ3) is 6.27. The number of hydrogen-bond donors (Lipinski definition) is 1. The van der Waals surface area contributed by atoms with Crippen molar-refractivity contribution in [1.82, 2.24) is 15.1 Å². The van der Waals surface area contributed by atoms with E-state index < -0.39 is 0 Å². The number of rotatable bonds is 7. The Bertz CT molecular complexity index is 723. The molecular weight excluding hydrogens is 519 g/mol. The molecule has 3 unspecified atom stereocenters. The van der Waals surface area contributed by atoms with E-state index in [4.69, 9.17) is 19.2 Å². The van der Waals surface area contributed by atoms with Crippen molar-refractivity contribution in [3.05, 3.63) is 29.8 Å². The molecule has 180 valence electrons. The van der Waals surface area contributed by atoms with Crippen LogP contribution in [0.15, 0.2) is 29.3 Å². The Morgan fingerprint density at radius 2 is 1.91 bits per heavy atom. The van der Waals surface area contributed by atoms with Gasteiger partial charge in [-0.05, 0) is 51.8 Å². The number of para-hydroxylation sites is 1. The number of hydrogen-bond acceptors (Lipinski definition) is 5.